The van der Waals surface area contributed by atoms with Crippen molar-refractivity contribution in [3.8, 4) is 11.5 Å². The Hall–Kier alpha value is -1.29. The quantitative estimate of drug-likeness (QED) is 0.341. The third-order valence-electron chi connectivity index (χ3n) is 4.29. The van der Waals surface area contributed by atoms with Gasteiger partial charge in [-0.2, -0.15) is 0 Å². The molecule has 0 aromatic heterocycles. The van der Waals surface area contributed by atoms with Crippen LogP contribution in [-0.2, 0) is 4.65 Å². The Kier molecular flexibility index (Phi) is 6.37. The van der Waals surface area contributed by atoms with Crippen LogP contribution in [0, 0.1) is 0 Å². The second kappa shape index (κ2) is 7.95. The Labute approximate surface area is 158 Å². The summed E-state index contributed by atoms with van der Waals surface area (Å²) in [5.74, 6) is 1.28. The van der Waals surface area contributed by atoms with Crippen LogP contribution in [-0.4, -0.2) is 24.5 Å². The fourth-order valence-electron chi connectivity index (χ4n) is 1.84. The predicted octanol–water partition coefficient (Wildman–Crippen LogP) is 4.27. The topological polar surface area (TPSA) is 35.5 Å². The summed E-state index contributed by atoms with van der Waals surface area (Å²) in [5, 5.41) is -0.118. The van der Waals surface area contributed by atoms with Crippen molar-refractivity contribution in [3.05, 3.63) is 48.0 Å². The molecule has 0 saturated carbocycles. The molecule has 25 heavy (non-hydrogen) atoms. The van der Waals surface area contributed by atoms with Crippen molar-refractivity contribution >= 4 is 41.1 Å². The third-order valence-corrected chi connectivity index (χ3v) is 5.28. The van der Waals surface area contributed by atoms with Crippen molar-refractivity contribution in [1.29, 1.82) is 0 Å². The van der Waals surface area contributed by atoms with Gasteiger partial charge in [0.15, 0.2) is 0 Å². The van der Waals surface area contributed by atoms with Crippen LogP contribution in [0.3, 0.4) is 0 Å². The highest BCUT2D eigenvalue weighted by Gasteiger charge is 2.33. The van der Waals surface area contributed by atoms with Gasteiger partial charge in [-0.25, -0.2) is 0 Å². The zero-order valence-electron chi connectivity index (χ0n) is 14.9. The van der Waals surface area contributed by atoms with Crippen LogP contribution in [0.1, 0.15) is 38.1 Å². The van der Waals surface area contributed by atoms with Gasteiger partial charge < -0.3 is 9.39 Å². The number of benzene rings is 2. The van der Waals surface area contributed by atoms with Crippen molar-refractivity contribution in [2.75, 3.05) is 0 Å². The molecule has 6 heteroatoms. The van der Waals surface area contributed by atoms with E-state index >= 15 is 0 Å². The molecule has 0 spiro atoms. The van der Waals surface area contributed by atoms with Crippen LogP contribution in [0.25, 0.3) is 0 Å². The SMILES string of the molecule is CC(C)(P)C(C)(C)O[B]c1ccc(Oc2ccc(S)cc2)cc1C=O. The Morgan fingerprint density at radius 1 is 1.04 bits per heavy atom. The number of hydrogen-bond donors (Lipinski definition) is 1. The molecule has 2 aromatic rings. The zero-order chi connectivity index (χ0) is 18.7. The van der Waals surface area contributed by atoms with Crippen molar-refractivity contribution in [2.45, 2.75) is 43.3 Å². The lowest BCUT2D eigenvalue weighted by molar-refractivity contribution is 0.0840. The second-order valence-electron chi connectivity index (χ2n) is 6.97. The first-order valence-electron chi connectivity index (χ1n) is 7.98. The first-order valence-corrected chi connectivity index (χ1v) is 9.01. The standard InChI is InChI=1S/C19H23BO3PS/c1-18(2,19(3,4)24)23-20-17-10-7-15(11-13(17)12-21)22-14-5-8-16(25)9-6-14/h5-12,25H,24H2,1-4H3. The fraction of sp³-hybridized carbons (Fsp3) is 0.316. The predicted molar refractivity (Wildman–Crippen MR) is 110 cm³/mol. The highest BCUT2D eigenvalue weighted by molar-refractivity contribution is 7.80. The van der Waals surface area contributed by atoms with Gasteiger partial charge in [0.05, 0.1) is 5.60 Å². The molecule has 1 unspecified atom stereocenters. The third kappa shape index (κ3) is 5.34. The van der Waals surface area contributed by atoms with Crippen molar-refractivity contribution < 1.29 is 14.2 Å². The van der Waals surface area contributed by atoms with E-state index < -0.39 is 5.60 Å². The van der Waals surface area contributed by atoms with Gasteiger partial charge in [0.1, 0.15) is 17.8 Å². The number of carbonyl (C=O) groups is 1. The van der Waals surface area contributed by atoms with Crippen LogP contribution >= 0.6 is 21.9 Å². The van der Waals surface area contributed by atoms with E-state index in [-0.39, 0.29) is 5.16 Å². The molecule has 0 heterocycles. The minimum Gasteiger partial charge on any atom is -0.457 e. The van der Waals surface area contributed by atoms with E-state index in [1.165, 1.54) is 0 Å². The molecule has 1 atom stereocenters. The Balaban J connectivity index is 2.13. The number of rotatable bonds is 7. The van der Waals surface area contributed by atoms with E-state index in [1.807, 2.05) is 50.2 Å². The van der Waals surface area contributed by atoms with E-state index in [4.69, 9.17) is 9.39 Å². The van der Waals surface area contributed by atoms with Gasteiger partial charge in [-0.3, -0.25) is 4.79 Å². The molecule has 0 aliphatic carbocycles. The number of carbonyl (C=O) groups excluding carboxylic acids is 1. The maximum Gasteiger partial charge on any atom is 0.331 e. The van der Waals surface area contributed by atoms with Crippen molar-refractivity contribution in [2.24, 2.45) is 0 Å². The summed E-state index contributed by atoms with van der Waals surface area (Å²) >= 11 is 4.25. The Morgan fingerprint density at radius 2 is 1.64 bits per heavy atom. The van der Waals surface area contributed by atoms with Gasteiger partial charge >= 0.3 is 7.48 Å². The molecule has 0 aliphatic rings. The highest BCUT2D eigenvalue weighted by atomic mass is 32.1. The molecule has 1 radical (unpaired) electrons. The van der Waals surface area contributed by atoms with Crippen molar-refractivity contribution in [1.82, 2.24) is 0 Å². The van der Waals surface area contributed by atoms with Crippen molar-refractivity contribution in [3.63, 3.8) is 0 Å². The summed E-state index contributed by atoms with van der Waals surface area (Å²) < 4.78 is 11.7. The van der Waals surface area contributed by atoms with E-state index in [2.05, 4.69) is 35.7 Å². The first-order chi connectivity index (χ1) is 11.6. The average Bonchev–Trinajstić information content (AvgIpc) is 2.54. The molecular formula is C19H23BO3PS. The maximum atomic E-state index is 11.5. The normalized spacial score (nSPS) is 11.9. The fourth-order valence-corrected chi connectivity index (χ4v) is 2.06. The molecule has 0 N–H and O–H groups in total. The summed E-state index contributed by atoms with van der Waals surface area (Å²) in [7, 11) is 4.42. The van der Waals surface area contributed by atoms with Crippen LogP contribution < -0.4 is 10.2 Å². The number of thiol groups is 1. The lowest BCUT2D eigenvalue weighted by Crippen LogP contribution is -2.45. The molecule has 3 nitrogen and oxygen atoms in total. The second-order valence-corrected chi connectivity index (χ2v) is 8.93. The summed E-state index contributed by atoms with van der Waals surface area (Å²) in [6.45, 7) is 8.19. The lowest BCUT2D eigenvalue weighted by atomic mass is 9.81. The monoisotopic (exact) mass is 373 g/mol. The van der Waals surface area contributed by atoms with Gasteiger partial charge in [0.2, 0.25) is 0 Å². The van der Waals surface area contributed by atoms with Gasteiger partial charge in [-0.15, -0.1) is 21.9 Å². The number of hydrogen-bond acceptors (Lipinski definition) is 4. The van der Waals surface area contributed by atoms with Crippen LogP contribution in [0.2, 0.25) is 0 Å². The Bertz CT molecular complexity index is 739. The molecule has 2 aromatic carbocycles. The van der Waals surface area contributed by atoms with Gasteiger partial charge in [-0.1, -0.05) is 19.9 Å². The van der Waals surface area contributed by atoms with E-state index in [9.17, 15) is 4.79 Å². The summed E-state index contributed by atoms with van der Waals surface area (Å²) in [5.41, 5.74) is 0.831. The maximum absolute atomic E-state index is 11.5. The summed E-state index contributed by atoms with van der Waals surface area (Å²) in [4.78, 5) is 12.3. The van der Waals surface area contributed by atoms with Crippen LogP contribution in [0.5, 0.6) is 11.5 Å². The molecule has 0 bridgehead atoms. The highest BCUT2D eigenvalue weighted by Crippen LogP contribution is 2.33. The minimum atomic E-state index is -0.401. The number of ether oxygens (including phenoxy) is 1. The molecule has 0 fully saturated rings. The van der Waals surface area contributed by atoms with Gasteiger partial charge in [-0.05, 0) is 55.7 Å². The minimum absolute atomic E-state index is 0.118. The molecule has 0 saturated heterocycles. The molecule has 131 valence electrons. The largest absolute Gasteiger partial charge is 0.457 e. The van der Waals surface area contributed by atoms with Gasteiger partial charge in [0, 0.05) is 15.6 Å². The summed E-state index contributed by atoms with van der Waals surface area (Å²) in [6, 6.07) is 12.7. The molecule has 0 aliphatic heterocycles. The van der Waals surface area contributed by atoms with Crippen LogP contribution in [0.15, 0.2) is 47.4 Å². The molecule has 2 rings (SSSR count). The average molecular weight is 373 g/mol. The Morgan fingerprint density at radius 3 is 2.20 bits per heavy atom. The van der Waals surface area contributed by atoms with E-state index in [0.29, 0.717) is 17.1 Å². The first kappa shape index (κ1) is 20.0. The zero-order valence-corrected chi connectivity index (χ0v) is 17.0. The molecular weight excluding hydrogens is 350 g/mol. The van der Waals surface area contributed by atoms with E-state index in [1.54, 1.807) is 13.5 Å². The number of aldehydes is 1. The van der Waals surface area contributed by atoms with Gasteiger partial charge in [0.25, 0.3) is 0 Å². The lowest BCUT2D eigenvalue weighted by Gasteiger charge is -2.39. The summed E-state index contributed by atoms with van der Waals surface area (Å²) in [6.07, 6.45) is 0.803. The molecule has 0 amide bonds. The van der Waals surface area contributed by atoms with E-state index in [0.717, 1.165) is 16.6 Å². The van der Waals surface area contributed by atoms with Crippen LogP contribution in [0.4, 0.5) is 0 Å². The smallest absolute Gasteiger partial charge is 0.331 e.